The fourth-order valence-corrected chi connectivity index (χ4v) is 2.87. The summed E-state index contributed by atoms with van der Waals surface area (Å²) < 4.78 is 5.40. The Bertz CT molecular complexity index is 170. The maximum absolute atomic E-state index is 5.40. The number of rotatable bonds is 1. The lowest BCUT2D eigenvalue weighted by atomic mass is 9.87. The second-order valence-corrected chi connectivity index (χ2v) is 4.65. The zero-order valence-electron chi connectivity index (χ0n) is 9.33. The average Bonchev–Trinajstić information content (AvgIpc) is 2.19. The minimum absolute atomic E-state index is 0.636. The lowest BCUT2D eigenvalue weighted by molar-refractivity contribution is -0.0116. The number of nitrogens with one attached hydrogen (secondary N) is 1. The summed E-state index contributed by atoms with van der Waals surface area (Å²) >= 11 is 0. The average molecular weight is 198 g/mol. The molecule has 2 fully saturated rings. The van der Waals surface area contributed by atoms with Crippen LogP contribution in [0.3, 0.4) is 0 Å². The van der Waals surface area contributed by atoms with Crippen molar-refractivity contribution in [2.75, 3.05) is 32.8 Å². The van der Waals surface area contributed by atoms with E-state index in [4.69, 9.17) is 4.74 Å². The third kappa shape index (κ3) is 2.10. The van der Waals surface area contributed by atoms with E-state index in [9.17, 15) is 0 Å². The first kappa shape index (κ1) is 10.4. The van der Waals surface area contributed by atoms with Crippen LogP contribution in [0.1, 0.15) is 20.3 Å². The molecule has 82 valence electrons. The zero-order valence-corrected chi connectivity index (χ0v) is 9.33. The van der Waals surface area contributed by atoms with Gasteiger partial charge in [-0.1, -0.05) is 6.92 Å². The molecule has 0 aromatic heterocycles. The monoisotopic (exact) mass is 198 g/mol. The van der Waals surface area contributed by atoms with Crippen LogP contribution in [-0.4, -0.2) is 49.8 Å². The van der Waals surface area contributed by atoms with Gasteiger partial charge in [-0.2, -0.15) is 0 Å². The molecule has 2 rings (SSSR count). The van der Waals surface area contributed by atoms with Gasteiger partial charge in [-0.3, -0.25) is 4.90 Å². The van der Waals surface area contributed by atoms with Crippen molar-refractivity contribution in [1.29, 1.82) is 0 Å². The van der Waals surface area contributed by atoms with E-state index < -0.39 is 0 Å². The summed E-state index contributed by atoms with van der Waals surface area (Å²) in [6, 6.07) is 1.35. The Morgan fingerprint density at radius 2 is 1.93 bits per heavy atom. The molecule has 3 nitrogen and oxygen atoms in total. The number of nitrogens with zero attached hydrogens (tertiary/aromatic N) is 1. The fourth-order valence-electron chi connectivity index (χ4n) is 2.87. The van der Waals surface area contributed by atoms with Crippen LogP contribution < -0.4 is 5.32 Å². The summed E-state index contributed by atoms with van der Waals surface area (Å²) in [4.78, 5) is 2.60. The largest absolute Gasteiger partial charge is 0.379 e. The minimum Gasteiger partial charge on any atom is -0.379 e. The molecule has 0 amide bonds. The molecular formula is C11H22N2O. The number of hydrogen-bond donors (Lipinski definition) is 1. The Labute approximate surface area is 86.8 Å². The Morgan fingerprint density at radius 3 is 2.57 bits per heavy atom. The molecule has 0 radical (unpaired) electrons. The van der Waals surface area contributed by atoms with Crippen LogP contribution in [0.15, 0.2) is 0 Å². The van der Waals surface area contributed by atoms with Crippen molar-refractivity contribution in [2.24, 2.45) is 5.92 Å². The fraction of sp³-hybridized carbons (Fsp3) is 1.00. The van der Waals surface area contributed by atoms with E-state index in [0.29, 0.717) is 12.1 Å². The van der Waals surface area contributed by atoms with Crippen LogP contribution in [0.4, 0.5) is 0 Å². The molecule has 0 aromatic rings. The molecule has 0 saturated carbocycles. The molecule has 0 aliphatic carbocycles. The van der Waals surface area contributed by atoms with Gasteiger partial charge < -0.3 is 10.1 Å². The Hall–Kier alpha value is -0.120. The topological polar surface area (TPSA) is 24.5 Å². The Morgan fingerprint density at radius 1 is 1.21 bits per heavy atom. The highest BCUT2D eigenvalue weighted by Crippen LogP contribution is 2.22. The smallest absolute Gasteiger partial charge is 0.0594 e. The first-order valence-electron chi connectivity index (χ1n) is 5.84. The van der Waals surface area contributed by atoms with Gasteiger partial charge in [0.2, 0.25) is 0 Å². The quantitative estimate of drug-likeness (QED) is 0.671. The summed E-state index contributed by atoms with van der Waals surface area (Å²) in [7, 11) is 0. The molecule has 2 saturated heterocycles. The molecule has 14 heavy (non-hydrogen) atoms. The van der Waals surface area contributed by atoms with Crippen molar-refractivity contribution >= 4 is 0 Å². The van der Waals surface area contributed by atoms with Crippen molar-refractivity contribution in [3.8, 4) is 0 Å². The number of ether oxygens (including phenoxy) is 1. The van der Waals surface area contributed by atoms with Gasteiger partial charge in [-0.25, -0.2) is 0 Å². The summed E-state index contributed by atoms with van der Waals surface area (Å²) in [6.45, 7) is 9.93. The second-order valence-electron chi connectivity index (χ2n) is 4.65. The predicted octanol–water partition coefficient (Wildman–Crippen LogP) is 0.705. The first-order chi connectivity index (χ1) is 6.79. The molecule has 3 atom stereocenters. The Balaban J connectivity index is 1.97. The van der Waals surface area contributed by atoms with Gasteiger partial charge in [-0.15, -0.1) is 0 Å². The summed E-state index contributed by atoms with van der Waals surface area (Å²) in [6.07, 6.45) is 1.31. The van der Waals surface area contributed by atoms with Crippen molar-refractivity contribution < 1.29 is 4.74 Å². The van der Waals surface area contributed by atoms with Crippen LogP contribution in [0.2, 0.25) is 0 Å². The molecule has 0 aromatic carbocycles. The first-order valence-corrected chi connectivity index (χ1v) is 5.84. The van der Waals surface area contributed by atoms with Crippen molar-refractivity contribution in [3.63, 3.8) is 0 Å². The van der Waals surface area contributed by atoms with Crippen molar-refractivity contribution in [1.82, 2.24) is 10.2 Å². The highest BCUT2D eigenvalue weighted by atomic mass is 16.5. The SMILES string of the molecule is CC1CCNC(C)C1N1CCOCC1. The van der Waals surface area contributed by atoms with E-state index >= 15 is 0 Å². The van der Waals surface area contributed by atoms with E-state index in [1.807, 2.05) is 0 Å². The molecule has 3 unspecified atom stereocenters. The Kier molecular flexibility index (Phi) is 3.42. The van der Waals surface area contributed by atoms with Crippen LogP contribution in [0.25, 0.3) is 0 Å². The van der Waals surface area contributed by atoms with Gasteiger partial charge in [0, 0.05) is 25.2 Å². The maximum atomic E-state index is 5.40. The van der Waals surface area contributed by atoms with E-state index in [1.165, 1.54) is 13.0 Å². The zero-order chi connectivity index (χ0) is 9.97. The number of hydrogen-bond acceptors (Lipinski definition) is 3. The third-order valence-electron chi connectivity index (χ3n) is 3.63. The molecule has 2 aliphatic heterocycles. The molecule has 1 N–H and O–H groups in total. The number of morpholine rings is 1. The number of piperidine rings is 1. The molecule has 0 bridgehead atoms. The van der Waals surface area contributed by atoms with E-state index in [0.717, 1.165) is 32.2 Å². The van der Waals surface area contributed by atoms with Gasteiger partial charge >= 0.3 is 0 Å². The standard InChI is InChI=1S/C11H22N2O/c1-9-3-4-12-10(2)11(9)13-5-7-14-8-6-13/h9-12H,3-8H2,1-2H3. The minimum atomic E-state index is 0.636. The van der Waals surface area contributed by atoms with Gasteiger partial charge in [0.05, 0.1) is 13.2 Å². The van der Waals surface area contributed by atoms with Gasteiger partial charge in [0.1, 0.15) is 0 Å². The van der Waals surface area contributed by atoms with Crippen LogP contribution >= 0.6 is 0 Å². The summed E-state index contributed by atoms with van der Waals surface area (Å²) in [5.41, 5.74) is 0. The van der Waals surface area contributed by atoms with E-state index in [2.05, 4.69) is 24.1 Å². The maximum Gasteiger partial charge on any atom is 0.0594 e. The van der Waals surface area contributed by atoms with Crippen LogP contribution in [0.5, 0.6) is 0 Å². The molecule has 2 heterocycles. The highest BCUT2D eigenvalue weighted by Gasteiger charge is 2.32. The van der Waals surface area contributed by atoms with Crippen molar-refractivity contribution in [3.05, 3.63) is 0 Å². The lowest BCUT2D eigenvalue weighted by Gasteiger charge is -2.44. The third-order valence-corrected chi connectivity index (χ3v) is 3.63. The van der Waals surface area contributed by atoms with E-state index in [-0.39, 0.29) is 0 Å². The molecule has 0 spiro atoms. The lowest BCUT2D eigenvalue weighted by Crippen LogP contribution is -2.58. The summed E-state index contributed by atoms with van der Waals surface area (Å²) in [5.74, 6) is 0.823. The molecule has 3 heteroatoms. The van der Waals surface area contributed by atoms with Gasteiger partial charge in [0.25, 0.3) is 0 Å². The second kappa shape index (κ2) is 4.60. The molecule has 2 aliphatic rings. The van der Waals surface area contributed by atoms with Gasteiger partial charge in [0.15, 0.2) is 0 Å². The van der Waals surface area contributed by atoms with Gasteiger partial charge in [-0.05, 0) is 25.8 Å². The highest BCUT2D eigenvalue weighted by molar-refractivity contribution is 4.90. The normalized spacial score (nSPS) is 41.1. The van der Waals surface area contributed by atoms with Crippen LogP contribution in [-0.2, 0) is 4.74 Å². The van der Waals surface area contributed by atoms with E-state index in [1.54, 1.807) is 0 Å². The predicted molar refractivity (Wildman–Crippen MR) is 57.4 cm³/mol. The van der Waals surface area contributed by atoms with Crippen molar-refractivity contribution in [2.45, 2.75) is 32.4 Å². The summed E-state index contributed by atoms with van der Waals surface area (Å²) in [5, 5.41) is 3.58. The van der Waals surface area contributed by atoms with Crippen LogP contribution in [0, 0.1) is 5.92 Å². The molecular weight excluding hydrogens is 176 g/mol.